The van der Waals surface area contributed by atoms with E-state index >= 15 is 0 Å². The van der Waals surface area contributed by atoms with Crippen molar-refractivity contribution in [1.82, 2.24) is 19.5 Å². The van der Waals surface area contributed by atoms with Gasteiger partial charge in [0.1, 0.15) is 11.5 Å². The van der Waals surface area contributed by atoms with E-state index in [-0.39, 0.29) is 30.1 Å². The van der Waals surface area contributed by atoms with E-state index in [2.05, 4.69) is 21.0 Å². The van der Waals surface area contributed by atoms with Crippen LogP contribution in [0.3, 0.4) is 0 Å². The first kappa shape index (κ1) is 36.0. The van der Waals surface area contributed by atoms with Crippen molar-refractivity contribution in [3.63, 3.8) is 0 Å². The molecule has 0 bridgehead atoms. The van der Waals surface area contributed by atoms with E-state index in [1.807, 2.05) is 97.9 Å². The van der Waals surface area contributed by atoms with Crippen molar-refractivity contribution in [2.75, 3.05) is 0 Å². The number of H-pyrrole nitrogens is 3. The molecule has 0 atom stereocenters. The van der Waals surface area contributed by atoms with Gasteiger partial charge in [-0.05, 0) is 104 Å². The van der Waals surface area contributed by atoms with Crippen LogP contribution in [0.2, 0.25) is 0 Å². The molecule has 0 saturated heterocycles. The first-order valence-electron chi connectivity index (χ1n) is 15.9. The normalized spacial score (nSPS) is 10.8. The Kier molecular flexibility index (Phi) is 11.3. The van der Waals surface area contributed by atoms with Crippen molar-refractivity contribution in [3.05, 3.63) is 147 Å². The minimum absolute atomic E-state index is 0.0588. The van der Waals surface area contributed by atoms with Gasteiger partial charge in [-0.2, -0.15) is 5.26 Å². The SMILES string of the molecule is Cc1cc(C)cc(Oc2[nH]c(=O)[nH]c(=O)c2C(C)C)c1.Cc1cc(C)cc(Oc2c(C(C)C)c(=O)[nH]c(=O)n2Cc2cccc(C#N)c2)c1. The van der Waals surface area contributed by atoms with Gasteiger partial charge in [0, 0.05) is 0 Å². The lowest BCUT2D eigenvalue weighted by molar-refractivity contribution is 0.410. The standard InChI is InChI=1S/C23H23N3O3.C15H18N2O3/c1-14(2)20-21(27)25-23(28)26(13-18-7-5-6-17(11-18)12-24)22(20)29-19-9-15(3)8-16(4)10-19;1-8(2)12-13(18)16-15(19)17-14(12)20-11-6-9(3)5-10(4)7-11/h5-11,14H,13H2,1-4H3,(H,25,27,28);5-8H,1-4H3,(H2,16,17,18,19). The van der Waals surface area contributed by atoms with Gasteiger partial charge in [0.2, 0.25) is 11.8 Å². The maximum Gasteiger partial charge on any atom is 0.331 e. The molecule has 0 unspecified atom stereocenters. The quantitative estimate of drug-likeness (QED) is 0.169. The van der Waals surface area contributed by atoms with Crippen LogP contribution in [0.25, 0.3) is 0 Å². The lowest BCUT2D eigenvalue weighted by Crippen LogP contribution is -2.34. The highest BCUT2D eigenvalue weighted by molar-refractivity contribution is 5.40. The average Bonchev–Trinajstić information content (AvgIpc) is 2.97. The second-order valence-electron chi connectivity index (χ2n) is 12.7. The van der Waals surface area contributed by atoms with E-state index in [0.29, 0.717) is 28.2 Å². The molecular formula is C38H41N5O6. The molecular weight excluding hydrogens is 622 g/mol. The molecule has 11 heteroatoms. The molecule has 11 nitrogen and oxygen atoms in total. The molecule has 5 aromatic rings. The number of rotatable bonds is 8. The van der Waals surface area contributed by atoms with E-state index < -0.39 is 22.5 Å². The van der Waals surface area contributed by atoms with E-state index in [4.69, 9.17) is 14.7 Å². The molecule has 0 aliphatic carbocycles. The van der Waals surface area contributed by atoms with Crippen molar-refractivity contribution in [1.29, 1.82) is 5.26 Å². The number of nitrogens with one attached hydrogen (secondary N) is 3. The van der Waals surface area contributed by atoms with Gasteiger partial charge < -0.3 is 9.47 Å². The van der Waals surface area contributed by atoms with E-state index in [0.717, 1.165) is 27.8 Å². The molecule has 0 amide bonds. The second kappa shape index (κ2) is 15.3. The molecule has 0 aliphatic heterocycles. The molecule has 3 aromatic carbocycles. The summed E-state index contributed by atoms with van der Waals surface area (Å²) in [5.74, 6) is 1.38. The van der Waals surface area contributed by atoms with Crippen LogP contribution in [0, 0.1) is 39.0 Å². The second-order valence-corrected chi connectivity index (χ2v) is 12.7. The molecule has 0 radical (unpaired) electrons. The van der Waals surface area contributed by atoms with Crippen molar-refractivity contribution in [2.24, 2.45) is 0 Å². The maximum absolute atomic E-state index is 12.7. The van der Waals surface area contributed by atoms with Gasteiger partial charge in [-0.25, -0.2) is 9.59 Å². The zero-order chi connectivity index (χ0) is 36.0. The Morgan fingerprint density at radius 3 is 1.76 bits per heavy atom. The summed E-state index contributed by atoms with van der Waals surface area (Å²) in [7, 11) is 0. The Bertz CT molecular complexity index is 2230. The van der Waals surface area contributed by atoms with Crippen LogP contribution in [0.15, 0.2) is 79.8 Å². The fourth-order valence-electron chi connectivity index (χ4n) is 5.54. The smallest absolute Gasteiger partial charge is 0.331 e. The summed E-state index contributed by atoms with van der Waals surface area (Å²) in [6.07, 6.45) is 0. The predicted octanol–water partition coefficient (Wildman–Crippen LogP) is 6.58. The van der Waals surface area contributed by atoms with E-state index in [1.165, 1.54) is 4.57 Å². The fourth-order valence-corrected chi connectivity index (χ4v) is 5.54. The molecule has 0 saturated carbocycles. The van der Waals surface area contributed by atoms with Crippen molar-refractivity contribution in [2.45, 2.75) is 73.8 Å². The highest BCUT2D eigenvalue weighted by atomic mass is 16.5. The lowest BCUT2D eigenvalue weighted by atomic mass is 10.1. The number of benzene rings is 3. The third-order valence-electron chi connectivity index (χ3n) is 7.51. The van der Waals surface area contributed by atoms with Crippen LogP contribution < -0.4 is 32.0 Å². The van der Waals surface area contributed by atoms with Gasteiger partial charge in [-0.3, -0.25) is 29.1 Å². The molecule has 254 valence electrons. The number of aromatic amines is 3. The Balaban J connectivity index is 0.000000237. The van der Waals surface area contributed by atoms with Gasteiger partial charge in [-0.15, -0.1) is 0 Å². The number of nitrogens with zero attached hydrogens (tertiary/aromatic N) is 2. The maximum atomic E-state index is 12.7. The summed E-state index contributed by atoms with van der Waals surface area (Å²) >= 11 is 0. The van der Waals surface area contributed by atoms with E-state index in [1.54, 1.807) is 18.2 Å². The van der Waals surface area contributed by atoms with Crippen LogP contribution in [-0.2, 0) is 6.54 Å². The van der Waals surface area contributed by atoms with Gasteiger partial charge in [-0.1, -0.05) is 52.0 Å². The molecule has 2 aromatic heterocycles. The first-order chi connectivity index (χ1) is 23.1. The summed E-state index contributed by atoms with van der Waals surface area (Å²) in [4.78, 5) is 55.7. The zero-order valence-corrected chi connectivity index (χ0v) is 29.0. The number of aromatic nitrogens is 4. The number of aryl methyl sites for hydroxylation is 4. The summed E-state index contributed by atoms with van der Waals surface area (Å²) in [5, 5.41) is 9.15. The first-order valence-corrected chi connectivity index (χ1v) is 15.9. The Morgan fingerprint density at radius 2 is 1.22 bits per heavy atom. The molecule has 0 aliphatic rings. The van der Waals surface area contributed by atoms with Crippen LogP contribution >= 0.6 is 0 Å². The molecule has 49 heavy (non-hydrogen) atoms. The van der Waals surface area contributed by atoms with Crippen molar-refractivity contribution < 1.29 is 9.47 Å². The minimum Gasteiger partial charge on any atom is -0.440 e. The number of nitriles is 1. The summed E-state index contributed by atoms with van der Waals surface area (Å²) in [6, 6.07) is 20.6. The Labute approximate surface area is 283 Å². The third kappa shape index (κ3) is 9.14. The average molecular weight is 664 g/mol. The van der Waals surface area contributed by atoms with E-state index in [9.17, 15) is 19.2 Å². The molecule has 3 N–H and O–H groups in total. The molecule has 0 fully saturated rings. The summed E-state index contributed by atoms with van der Waals surface area (Å²) in [5.41, 5.74) is 4.26. The van der Waals surface area contributed by atoms with Gasteiger partial charge in [0.25, 0.3) is 11.1 Å². The van der Waals surface area contributed by atoms with Gasteiger partial charge >= 0.3 is 11.4 Å². The number of hydrogen-bond acceptors (Lipinski definition) is 7. The Morgan fingerprint density at radius 1 is 0.694 bits per heavy atom. The summed E-state index contributed by atoms with van der Waals surface area (Å²) < 4.78 is 13.3. The predicted molar refractivity (Wildman–Crippen MR) is 189 cm³/mol. The molecule has 0 spiro atoms. The van der Waals surface area contributed by atoms with Crippen molar-refractivity contribution in [3.8, 4) is 29.3 Å². The fraction of sp³-hybridized carbons (Fsp3) is 0.289. The largest absolute Gasteiger partial charge is 0.440 e. The minimum atomic E-state index is -0.571. The van der Waals surface area contributed by atoms with Crippen LogP contribution in [0.1, 0.15) is 84.0 Å². The molecule has 2 heterocycles. The van der Waals surface area contributed by atoms with Crippen molar-refractivity contribution >= 4 is 0 Å². The van der Waals surface area contributed by atoms with Gasteiger partial charge in [0.15, 0.2) is 0 Å². The molecule has 5 rings (SSSR count). The highest BCUT2D eigenvalue weighted by Crippen LogP contribution is 2.29. The Hall–Kier alpha value is -5.89. The van der Waals surface area contributed by atoms with Crippen LogP contribution in [0.4, 0.5) is 0 Å². The summed E-state index contributed by atoms with van der Waals surface area (Å²) in [6.45, 7) is 15.5. The van der Waals surface area contributed by atoms with Gasteiger partial charge in [0.05, 0.1) is 29.3 Å². The monoisotopic (exact) mass is 663 g/mol. The number of hydrogen-bond donors (Lipinski definition) is 3. The lowest BCUT2D eigenvalue weighted by Gasteiger charge is -2.19. The zero-order valence-electron chi connectivity index (χ0n) is 29.0. The number of ether oxygens (including phenoxy) is 2. The topological polar surface area (TPSA) is 163 Å². The van der Waals surface area contributed by atoms with Crippen LogP contribution in [0.5, 0.6) is 23.3 Å². The highest BCUT2D eigenvalue weighted by Gasteiger charge is 2.21. The third-order valence-corrected chi connectivity index (χ3v) is 7.51. The van der Waals surface area contributed by atoms with Crippen LogP contribution in [-0.4, -0.2) is 19.5 Å².